The largest absolute Gasteiger partial charge is 0.471 e. The van der Waals surface area contributed by atoms with E-state index in [-0.39, 0.29) is 12.6 Å². The molecule has 0 spiro atoms. The van der Waals surface area contributed by atoms with Crippen LogP contribution < -0.4 is 10.1 Å². The Morgan fingerprint density at radius 3 is 2.57 bits per heavy atom. The predicted octanol–water partition coefficient (Wildman–Crippen LogP) is 2.56. The van der Waals surface area contributed by atoms with Gasteiger partial charge in [-0.1, -0.05) is 32.0 Å². The topological polar surface area (TPSA) is 61.8 Å². The van der Waals surface area contributed by atoms with E-state index in [0.29, 0.717) is 19.0 Å². The second-order valence-corrected chi connectivity index (χ2v) is 5.21. The Morgan fingerprint density at radius 2 is 2.00 bits per heavy atom. The van der Waals surface area contributed by atoms with E-state index < -0.39 is 6.23 Å². The number of carbonyl (C=O) groups is 1. The molecule has 0 saturated carbocycles. The highest BCUT2D eigenvalue weighted by Gasteiger charge is 2.16. The summed E-state index contributed by atoms with van der Waals surface area (Å²) in [6, 6.07) is 7.59. The molecule has 5 heteroatoms. The Kier molecular flexibility index (Phi) is 7.02. The molecule has 0 bridgehead atoms. The molecule has 2 N–H and O–H groups in total. The summed E-state index contributed by atoms with van der Waals surface area (Å²) < 4.78 is 5.83. The maximum atomic E-state index is 12.0. The number of aliphatic hydroxyl groups excluding tert-OH is 1. The maximum absolute atomic E-state index is 12.0. The number of benzene rings is 1. The van der Waals surface area contributed by atoms with Crippen LogP contribution in [0, 0.1) is 0 Å². The van der Waals surface area contributed by atoms with Gasteiger partial charge in [0.25, 0.3) is 0 Å². The third kappa shape index (κ3) is 5.27. The van der Waals surface area contributed by atoms with Crippen LogP contribution in [0.15, 0.2) is 24.3 Å². The van der Waals surface area contributed by atoms with Gasteiger partial charge >= 0.3 is 6.03 Å². The number of para-hydroxylation sites is 1. The summed E-state index contributed by atoms with van der Waals surface area (Å²) in [5.74, 6) is 1.14. The molecule has 0 aliphatic carbocycles. The highest BCUT2D eigenvalue weighted by atomic mass is 16.5. The zero-order valence-electron chi connectivity index (χ0n) is 13.3. The van der Waals surface area contributed by atoms with Crippen LogP contribution in [0.1, 0.15) is 39.2 Å². The van der Waals surface area contributed by atoms with Crippen LogP contribution in [0.3, 0.4) is 0 Å². The van der Waals surface area contributed by atoms with Crippen LogP contribution in [0.5, 0.6) is 5.75 Å². The number of nitrogens with one attached hydrogen (secondary N) is 1. The van der Waals surface area contributed by atoms with Crippen molar-refractivity contribution in [1.29, 1.82) is 0 Å². The molecule has 1 aromatic rings. The fourth-order valence-electron chi connectivity index (χ4n) is 2.07. The number of urea groups is 1. The van der Waals surface area contributed by atoms with E-state index in [4.69, 9.17) is 9.84 Å². The van der Waals surface area contributed by atoms with Gasteiger partial charge in [-0.15, -0.1) is 0 Å². The monoisotopic (exact) mass is 294 g/mol. The maximum Gasteiger partial charge on any atom is 0.320 e. The molecule has 0 aliphatic rings. The Bertz CT molecular complexity index is 449. The molecule has 1 rings (SSSR count). The number of hydrogen-bond donors (Lipinski definition) is 2. The standard InChI is InChI=1S/C16H26N2O3/c1-5-18(10-11-19)16(20)17-13(4)21-15-9-7-6-8-14(15)12(2)3/h6-9,12-13,19H,5,10-11H2,1-4H3,(H,17,20). The molecule has 118 valence electrons. The molecule has 21 heavy (non-hydrogen) atoms. The first-order valence-corrected chi connectivity index (χ1v) is 7.41. The van der Waals surface area contributed by atoms with Crippen molar-refractivity contribution in [3.8, 4) is 5.75 Å². The highest BCUT2D eigenvalue weighted by molar-refractivity contribution is 5.74. The molecular weight excluding hydrogens is 268 g/mol. The number of likely N-dealkylation sites (N-methyl/N-ethyl adjacent to an activating group) is 1. The minimum atomic E-state index is -0.440. The van der Waals surface area contributed by atoms with E-state index in [1.165, 1.54) is 4.90 Å². The average molecular weight is 294 g/mol. The smallest absolute Gasteiger partial charge is 0.320 e. The quantitative estimate of drug-likeness (QED) is 0.760. The van der Waals surface area contributed by atoms with Gasteiger partial charge < -0.3 is 20.1 Å². The first-order valence-electron chi connectivity index (χ1n) is 7.41. The van der Waals surface area contributed by atoms with Crippen LogP contribution in [0.4, 0.5) is 4.79 Å². The van der Waals surface area contributed by atoms with Crippen molar-refractivity contribution in [2.75, 3.05) is 19.7 Å². The molecule has 5 nitrogen and oxygen atoms in total. The first-order chi connectivity index (χ1) is 9.99. The van der Waals surface area contributed by atoms with E-state index in [1.54, 1.807) is 6.92 Å². The third-order valence-electron chi connectivity index (χ3n) is 3.21. The number of carbonyl (C=O) groups excluding carboxylic acids is 1. The summed E-state index contributed by atoms with van der Waals surface area (Å²) in [5.41, 5.74) is 1.11. The van der Waals surface area contributed by atoms with Gasteiger partial charge in [0, 0.05) is 13.1 Å². The lowest BCUT2D eigenvalue weighted by molar-refractivity contribution is 0.145. The molecule has 2 amide bonds. The molecule has 0 saturated heterocycles. The molecule has 1 atom stereocenters. The second kappa shape index (κ2) is 8.52. The Balaban J connectivity index is 2.65. The first kappa shape index (κ1) is 17.3. The highest BCUT2D eigenvalue weighted by Crippen LogP contribution is 2.26. The fourth-order valence-corrected chi connectivity index (χ4v) is 2.07. The van der Waals surface area contributed by atoms with E-state index in [2.05, 4.69) is 19.2 Å². The van der Waals surface area contributed by atoms with Crippen LogP contribution >= 0.6 is 0 Å². The van der Waals surface area contributed by atoms with Crippen LogP contribution in [-0.4, -0.2) is 42.0 Å². The SMILES string of the molecule is CCN(CCO)C(=O)NC(C)Oc1ccccc1C(C)C. The van der Waals surface area contributed by atoms with Crippen molar-refractivity contribution in [2.24, 2.45) is 0 Å². The van der Waals surface area contributed by atoms with Gasteiger partial charge in [-0.2, -0.15) is 0 Å². The normalized spacial score (nSPS) is 12.1. The van der Waals surface area contributed by atoms with Crippen molar-refractivity contribution < 1.29 is 14.6 Å². The zero-order valence-corrected chi connectivity index (χ0v) is 13.3. The Hall–Kier alpha value is -1.75. The lowest BCUT2D eigenvalue weighted by atomic mass is 10.0. The lowest BCUT2D eigenvalue weighted by Gasteiger charge is -2.24. The van der Waals surface area contributed by atoms with E-state index in [1.807, 2.05) is 31.2 Å². The van der Waals surface area contributed by atoms with Gasteiger partial charge in [0.2, 0.25) is 0 Å². The molecule has 0 heterocycles. The lowest BCUT2D eigenvalue weighted by Crippen LogP contribution is -2.46. The fraction of sp³-hybridized carbons (Fsp3) is 0.562. The molecule has 1 aromatic carbocycles. The van der Waals surface area contributed by atoms with Crippen molar-refractivity contribution >= 4 is 6.03 Å². The number of rotatable bonds is 7. The minimum absolute atomic E-state index is 0.0489. The Labute approximate surface area is 126 Å². The molecule has 0 fully saturated rings. The van der Waals surface area contributed by atoms with E-state index in [0.717, 1.165) is 11.3 Å². The molecule has 0 aromatic heterocycles. The van der Waals surface area contributed by atoms with Crippen LogP contribution in [-0.2, 0) is 0 Å². The molecular formula is C16H26N2O3. The number of hydrogen-bond acceptors (Lipinski definition) is 3. The van der Waals surface area contributed by atoms with Gasteiger partial charge in [0.1, 0.15) is 5.75 Å². The molecule has 0 radical (unpaired) electrons. The van der Waals surface area contributed by atoms with Crippen molar-refractivity contribution in [2.45, 2.75) is 39.8 Å². The zero-order chi connectivity index (χ0) is 15.8. The van der Waals surface area contributed by atoms with Gasteiger partial charge in [-0.3, -0.25) is 0 Å². The summed E-state index contributed by atoms with van der Waals surface area (Å²) in [6.07, 6.45) is -0.440. The van der Waals surface area contributed by atoms with Gasteiger partial charge in [0.05, 0.1) is 6.61 Å². The van der Waals surface area contributed by atoms with Crippen LogP contribution in [0.25, 0.3) is 0 Å². The van der Waals surface area contributed by atoms with E-state index >= 15 is 0 Å². The third-order valence-corrected chi connectivity index (χ3v) is 3.21. The summed E-state index contributed by atoms with van der Waals surface area (Å²) in [7, 11) is 0. The summed E-state index contributed by atoms with van der Waals surface area (Å²) in [4.78, 5) is 13.5. The van der Waals surface area contributed by atoms with Gasteiger partial charge in [0.15, 0.2) is 6.23 Å². The summed E-state index contributed by atoms with van der Waals surface area (Å²) in [5, 5.41) is 11.7. The number of aliphatic hydroxyl groups is 1. The van der Waals surface area contributed by atoms with Gasteiger partial charge in [-0.05, 0) is 31.4 Å². The molecule has 1 unspecified atom stereocenters. The average Bonchev–Trinajstić information content (AvgIpc) is 2.44. The molecule has 0 aliphatic heterocycles. The summed E-state index contributed by atoms with van der Waals surface area (Å²) >= 11 is 0. The second-order valence-electron chi connectivity index (χ2n) is 5.21. The van der Waals surface area contributed by atoms with Crippen molar-refractivity contribution in [3.05, 3.63) is 29.8 Å². The number of ether oxygens (including phenoxy) is 1. The Morgan fingerprint density at radius 1 is 1.33 bits per heavy atom. The predicted molar refractivity (Wildman–Crippen MR) is 83.5 cm³/mol. The number of nitrogens with zero attached hydrogens (tertiary/aromatic N) is 1. The van der Waals surface area contributed by atoms with E-state index in [9.17, 15) is 4.79 Å². The number of amides is 2. The van der Waals surface area contributed by atoms with Crippen molar-refractivity contribution in [1.82, 2.24) is 10.2 Å². The summed E-state index contributed by atoms with van der Waals surface area (Å²) in [6.45, 7) is 8.68. The van der Waals surface area contributed by atoms with Crippen molar-refractivity contribution in [3.63, 3.8) is 0 Å². The minimum Gasteiger partial charge on any atom is -0.471 e. The van der Waals surface area contributed by atoms with Crippen LogP contribution in [0.2, 0.25) is 0 Å². The van der Waals surface area contributed by atoms with Gasteiger partial charge in [-0.25, -0.2) is 4.79 Å².